The second-order valence-electron chi connectivity index (χ2n) is 4.98. The highest BCUT2D eigenvalue weighted by Gasteiger charge is 2.07. The predicted octanol–water partition coefficient (Wildman–Crippen LogP) is 4.51. The van der Waals surface area contributed by atoms with Crippen LogP contribution in [-0.4, -0.2) is 16.1 Å². The molecule has 0 spiro atoms. The quantitative estimate of drug-likeness (QED) is 0.745. The molecular formula is C17H14ClNO2. The van der Waals surface area contributed by atoms with E-state index in [4.69, 9.17) is 16.7 Å². The van der Waals surface area contributed by atoms with Crippen molar-refractivity contribution in [2.24, 2.45) is 0 Å². The molecule has 2 aromatic carbocycles. The van der Waals surface area contributed by atoms with E-state index in [1.807, 2.05) is 48.5 Å². The van der Waals surface area contributed by atoms with Gasteiger partial charge in [0.25, 0.3) is 0 Å². The second kappa shape index (κ2) is 5.62. The third kappa shape index (κ3) is 2.93. The summed E-state index contributed by atoms with van der Waals surface area (Å²) in [5.41, 5.74) is 3.96. The zero-order valence-corrected chi connectivity index (χ0v) is 12.0. The number of carboxylic acids is 1. The van der Waals surface area contributed by atoms with E-state index in [2.05, 4.69) is 4.98 Å². The molecule has 3 nitrogen and oxygen atoms in total. The topological polar surface area (TPSA) is 53.1 Å². The van der Waals surface area contributed by atoms with Crippen molar-refractivity contribution in [3.05, 3.63) is 59.1 Å². The largest absolute Gasteiger partial charge is 0.481 e. The Balaban J connectivity index is 1.97. The van der Waals surface area contributed by atoms with Crippen molar-refractivity contribution < 1.29 is 9.90 Å². The van der Waals surface area contributed by atoms with Crippen LogP contribution in [0.5, 0.6) is 0 Å². The first-order chi connectivity index (χ1) is 10.1. The number of nitrogens with one attached hydrogen (secondary N) is 1. The van der Waals surface area contributed by atoms with E-state index in [1.165, 1.54) is 0 Å². The number of aryl methyl sites for hydroxylation is 1. The fraction of sp³-hybridized carbons (Fsp3) is 0.118. The van der Waals surface area contributed by atoms with Crippen LogP contribution in [0.25, 0.3) is 22.2 Å². The van der Waals surface area contributed by atoms with Gasteiger partial charge in [-0.3, -0.25) is 4.79 Å². The van der Waals surface area contributed by atoms with E-state index in [9.17, 15) is 4.79 Å². The fourth-order valence-corrected chi connectivity index (χ4v) is 2.65. The Hall–Kier alpha value is -2.26. The van der Waals surface area contributed by atoms with E-state index in [0.717, 1.165) is 27.7 Å². The van der Waals surface area contributed by atoms with Crippen LogP contribution in [0.15, 0.2) is 48.5 Å². The van der Waals surface area contributed by atoms with Crippen LogP contribution in [0, 0.1) is 0 Å². The molecule has 0 atom stereocenters. The first-order valence-corrected chi connectivity index (χ1v) is 7.09. The summed E-state index contributed by atoms with van der Waals surface area (Å²) in [6.45, 7) is 0. The van der Waals surface area contributed by atoms with Crippen molar-refractivity contribution in [1.82, 2.24) is 4.98 Å². The number of rotatable bonds is 4. The summed E-state index contributed by atoms with van der Waals surface area (Å²) in [5.74, 6) is -0.777. The summed E-state index contributed by atoms with van der Waals surface area (Å²) in [6, 6.07) is 15.7. The lowest BCUT2D eigenvalue weighted by molar-refractivity contribution is -0.136. The summed E-state index contributed by atoms with van der Waals surface area (Å²) in [6.07, 6.45) is 0.686. The number of H-pyrrole nitrogens is 1. The number of halogens is 1. The molecule has 0 bridgehead atoms. The van der Waals surface area contributed by atoms with Gasteiger partial charge in [-0.2, -0.15) is 0 Å². The van der Waals surface area contributed by atoms with Gasteiger partial charge in [-0.15, -0.1) is 0 Å². The minimum absolute atomic E-state index is 0.146. The van der Waals surface area contributed by atoms with Crippen LogP contribution >= 0.6 is 11.6 Å². The molecular weight excluding hydrogens is 286 g/mol. The molecule has 0 fully saturated rings. The normalized spacial score (nSPS) is 10.9. The maximum absolute atomic E-state index is 10.6. The maximum atomic E-state index is 10.6. The highest BCUT2D eigenvalue weighted by molar-refractivity contribution is 6.33. The van der Waals surface area contributed by atoms with Crippen LogP contribution in [0.1, 0.15) is 12.0 Å². The number of aromatic amines is 1. The third-order valence-electron chi connectivity index (χ3n) is 3.48. The van der Waals surface area contributed by atoms with Gasteiger partial charge in [-0.05, 0) is 36.2 Å². The Kier molecular flexibility index (Phi) is 3.67. The SMILES string of the molecule is O=C(O)CCc1ccc2[nH]c(-c3ccccc3Cl)cc2c1. The smallest absolute Gasteiger partial charge is 0.303 e. The lowest BCUT2D eigenvalue weighted by atomic mass is 10.1. The summed E-state index contributed by atoms with van der Waals surface area (Å²) in [4.78, 5) is 14.0. The van der Waals surface area contributed by atoms with E-state index >= 15 is 0 Å². The minimum atomic E-state index is -0.777. The van der Waals surface area contributed by atoms with Crippen molar-refractivity contribution in [1.29, 1.82) is 0 Å². The van der Waals surface area contributed by atoms with Crippen LogP contribution in [-0.2, 0) is 11.2 Å². The molecule has 21 heavy (non-hydrogen) atoms. The molecule has 0 saturated heterocycles. The summed E-state index contributed by atoms with van der Waals surface area (Å²) < 4.78 is 0. The molecule has 3 rings (SSSR count). The standard InChI is InChI=1S/C17H14ClNO2/c18-14-4-2-1-3-13(14)16-10-12-9-11(6-8-17(20)21)5-7-15(12)19-16/h1-5,7,9-10,19H,6,8H2,(H,20,21). The molecule has 0 aliphatic carbocycles. The number of fused-ring (bicyclic) bond motifs is 1. The zero-order chi connectivity index (χ0) is 14.8. The predicted molar refractivity (Wildman–Crippen MR) is 84.7 cm³/mol. The Labute approximate surface area is 127 Å². The number of hydrogen-bond donors (Lipinski definition) is 2. The molecule has 0 radical (unpaired) electrons. The average molecular weight is 300 g/mol. The Morgan fingerprint density at radius 3 is 2.71 bits per heavy atom. The van der Waals surface area contributed by atoms with Gasteiger partial charge < -0.3 is 10.1 Å². The monoisotopic (exact) mass is 299 g/mol. The van der Waals surface area contributed by atoms with Crippen LogP contribution in [0.3, 0.4) is 0 Å². The first-order valence-electron chi connectivity index (χ1n) is 6.72. The lowest BCUT2D eigenvalue weighted by Gasteiger charge is -1.99. The number of aliphatic carboxylic acids is 1. The number of hydrogen-bond acceptors (Lipinski definition) is 1. The molecule has 1 heterocycles. The first kappa shape index (κ1) is 13.7. The molecule has 4 heteroatoms. The fourth-order valence-electron chi connectivity index (χ4n) is 2.41. The van der Waals surface area contributed by atoms with Crippen molar-refractivity contribution in [3.8, 4) is 11.3 Å². The van der Waals surface area contributed by atoms with E-state index in [-0.39, 0.29) is 6.42 Å². The number of aromatic nitrogens is 1. The molecule has 3 aromatic rings. The van der Waals surface area contributed by atoms with E-state index in [1.54, 1.807) is 0 Å². The number of carbonyl (C=O) groups is 1. The van der Waals surface area contributed by atoms with Crippen molar-refractivity contribution in [3.63, 3.8) is 0 Å². The van der Waals surface area contributed by atoms with Crippen LogP contribution < -0.4 is 0 Å². The highest BCUT2D eigenvalue weighted by Crippen LogP contribution is 2.30. The van der Waals surface area contributed by atoms with Gasteiger partial charge >= 0.3 is 5.97 Å². The minimum Gasteiger partial charge on any atom is -0.481 e. The number of benzene rings is 2. The van der Waals surface area contributed by atoms with Crippen molar-refractivity contribution in [2.75, 3.05) is 0 Å². The summed E-state index contributed by atoms with van der Waals surface area (Å²) in [5, 5.41) is 10.5. The van der Waals surface area contributed by atoms with Gasteiger partial charge in [0.2, 0.25) is 0 Å². The highest BCUT2D eigenvalue weighted by atomic mass is 35.5. The second-order valence-corrected chi connectivity index (χ2v) is 5.39. The summed E-state index contributed by atoms with van der Waals surface area (Å²) in [7, 11) is 0. The van der Waals surface area contributed by atoms with Crippen molar-refractivity contribution in [2.45, 2.75) is 12.8 Å². The summed E-state index contributed by atoms with van der Waals surface area (Å²) >= 11 is 6.22. The molecule has 0 unspecified atom stereocenters. The van der Waals surface area contributed by atoms with Crippen LogP contribution in [0.4, 0.5) is 0 Å². The van der Waals surface area contributed by atoms with Gasteiger partial charge in [-0.1, -0.05) is 35.9 Å². The molecule has 0 amide bonds. The van der Waals surface area contributed by atoms with Gasteiger partial charge in [-0.25, -0.2) is 0 Å². The molecule has 0 aliphatic rings. The maximum Gasteiger partial charge on any atom is 0.303 e. The van der Waals surface area contributed by atoms with E-state index < -0.39 is 5.97 Å². The zero-order valence-electron chi connectivity index (χ0n) is 11.3. The van der Waals surface area contributed by atoms with Gasteiger partial charge in [0.15, 0.2) is 0 Å². The average Bonchev–Trinajstić information content (AvgIpc) is 2.88. The Morgan fingerprint density at radius 1 is 1.14 bits per heavy atom. The van der Waals surface area contributed by atoms with Crippen molar-refractivity contribution >= 4 is 28.5 Å². The molecule has 106 valence electrons. The van der Waals surface area contributed by atoms with Gasteiger partial charge in [0.1, 0.15) is 0 Å². The molecule has 2 N–H and O–H groups in total. The van der Waals surface area contributed by atoms with Crippen LogP contribution in [0.2, 0.25) is 5.02 Å². The molecule has 1 aromatic heterocycles. The molecule has 0 aliphatic heterocycles. The third-order valence-corrected chi connectivity index (χ3v) is 3.81. The van der Waals surface area contributed by atoms with E-state index in [0.29, 0.717) is 11.4 Å². The Morgan fingerprint density at radius 2 is 1.95 bits per heavy atom. The van der Waals surface area contributed by atoms with Gasteiger partial charge in [0, 0.05) is 33.6 Å². The Bertz CT molecular complexity index is 807. The lowest BCUT2D eigenvalue weighted by Crippen LogP contribution is -1.96. The van der Waals surface area contributed by atoms with Gasteiger partial charge in [0.05, 0.1) is 0 Å². The molecule has 0 saturated carbocycles. The number of carboxylic acid groups (broad SMARTS) is 1.